The quantitative estimate of drug-likeness (QED) is 0.594. The van der Waals surface area contributed by atoms with Crippen molar-refractivity contribution in [2.24, 2.45) is 0 Å². The summed E-state index contributed by atoms with van der Waals surface area (Å²) in [4.78, 5) is 12.6. The van der Waals surface area contributed by atoms with Gasteiger partial charge in [0.05, 0.1) is 32.5 Å². The Hall–Kier alpha value is -1.82. The van der Waals surface area contributed by atoms with Crippen molar-refractivity contribution >= 4 is 17.7 Å². The second-order valence-corrected chi connectivity index (χ2v) is 6.48. The molecule has 1 aliphatic rings. The molecule has 5 heteroatoms. The Balaban J connectivity index is 1.78. The zero-order chi connectivity index (χ0) is 16.8. The molecule has 0 atom stereocenters. The Kier molecular flexibility index (Phi) is 5.56. The summed E-state index contributed by atoms with van der Waals surface area (Å²) in [6.07, 6.45) is 0.264. The highest BCUT2D eigenvalue weighted by atomic mass is 32.2. The SMILES string of the molecule is COC(=O)Cc1ccccc1SCC1(c2ccccc2)OCCO1. The highest BCUT2D eigenvalue weighted by Crippen LogP contribution is 2.37. The van der Waals surface area contributed by atoms with Crippen molar-refractivity contribution in [3.8, 4) is 0 Å². The first-order valence-corrected chi connectivity index (χ1v) is 8.83. The minimum absolute atomic E-state index is 0.241. The number of esters is 1. The summed E-state index contributed by atoms with van der Waals surface area (Å²) < 4.78 is 16.7. The summed E-state index contributed by atoms with van der Waals surface area (Å²) in [5.74, 6) is -0.353. The third-order valence-corrected chi connectivity index (χ3v) is 5.15. The number of hydrogen-bond acceptors (Lipinski definition) is 5. The van der Waals surface area contributed by atoms with Gasteiger partial charge in [-0.25, -0.2) is 0 Å². The van der Waals surface area contributed by atoms with E-state index in [0.29, 0.717) is 19.0 Å². The normalized spacial score (nSPS) is 16.0. The molecule has 0 aliphatic carbocycles. The standard InChI is InChI=1S/C19H20O4S/c1-21-18(20)13-15-7-5-6-10-17(15)24-14-19(22-11-12-23-19)16-8-3-2-4-9-16/h2-10H,11-14H2,1H3. The molecule has 126 valence electrons. The molecule has 0 spiro atoms. The van der Waals surface area contributed by atoms with Crippen LogP contribution in [0.2, 0.25) is 0 Å². The number of hydrogen-bond donors (Lipinski definition) is 0. The molecule has 1 fully saturated rings. The Morgan fingerprint density at radius 3 is 2.46 bits per heavy atom. The third-order valence-electron chi connectivity index (χ3n) is 3.92. The van der Waals surface area contributed by atoms with Crippen LogP contribution in [0.3, 0.4) is 0 Å². The van der Waals surface area contributed by atoms with E-state index in [1.807, 2.05) is 54.6 Å². The van der Waals surface area contributed by atoms with Gasteiger partial charge in [-0.15, -0.1) is 11.8 Å². The maximum atomic E-state index is 11.6. The molecule has 0 aromatic heterocycles. The molecule has 0 bridgehead atoms. The molecule has 0 amide bonds. The molecule has 1 saturated heterocycles. The van der Waals surface area contributed by atoms with E-state index in [9.17, 15) is 4.79 Å². The molecular weight excluding hydrogens is 324 g/mol. The molecule has 4 nitrogen and oxygen atoms in total. The topological polar surface area (TPSA) is 44.8 Å². The molecule has 3 rings (SSSR count). The van der Waals surface area contributed by atoms with E-state index in [1.165, 1.54) is 7.11 Å². The Labute approximate surface area is 146 Å². The molecule has 24 heavy (non-hydrogen) atoms. The molecule has 0 saturated carbocycles. The lowest BCUT2D eigenvalue weighted by Gasteiger charge is -2.27. The first kappa shape index (κ1) is 17.0. The lowest BCUT2D eigenvalue weighted by atomic mass is 10.1. The lowest BCUT2D eigenvalue weighted by molar-refractivity contribution is -0.145. The molecule has 2 aromatic carbocycles. The monoisotopic (exact) mass is 344 g/mol. The van der Waals surface area contributed by atoms with Crippen LogP contribution < -0.4 is 0 Å². The number of carbonyl (C=O) groups is 1. The second-order valence-electron chi connectivity index (χ2n) is 5.47. The second kappa shape index (κ2) is 7.83. The zero-order valence-corrected chi connectivity index (χ0v) is 14.4. The maximum Gasteiger partial charge on any atom is 0.310 e. The molecule has 0 N–H and O–H groups in total. The van der Waals surface area contributed by atoms with Gasteiger partial charge in [-0.2, -0.15) is 0 Å². The summed E-state index contributed by atoms with van der Waals surface area (Å²) in [7, 11) is 1.41. The van der Waals surface area contributed by atoms with E-state index in [-0.39, 0.29) is 12.4 Å². The van der Waals surface area contributed by atoms with Crippen molar-refractivity contribution in [2.75, 3.05) is 26.1 Å². The average molecular weight is 344 g/mol. The highest BCUT2D eigenvalue weighted by Gasteiger charge is 2.38. The van der Waals surface area contributed by atoms with Gasteiger partial charge in [-0.3, -0.25) is 4.79 Å². The van der Waals surface area contributed by atoms with Crippen LogP contribution in [0.25, 0.3) is 0 Å². The maximum absolute atomic E-state index is 11.6. The largest absolute Gasteiger partial charge is 0.469 e. The van der Waals surface area contributed by atoms with Crippen molar-refractivity contribution in [1.82, 2.24) is 0 Å². The molecule has 1 aliphatic heterocycles. The fourth-order valence-electron chi connectivity index (χ4n) is 2.67. The van der Waals surface area contributed by atoms with Gasteiger partial charge < -0.3 is 14.2 Å². The van der Waals surface area contributed by atoms with E-state index in [1.54, 1.807) is 11.8 Å². The van der Waals surface area contributed by atoms with Crippen LogP contribution in [0, 0.1) is 0 Å². The summed E-state index contributed by atoms with van der Waals surface area (Å²) in [5, 5.41) is 0. The summed E-state index contributed by atoms with van der Waals surface area (Å²) in [6.45, 7) is 1.17. The first-order chi connectivity index (χ1) is 11.7. The lowest BCUT2D eigenvalue weighted by Crippen LogP contribution is -2.30. The van der Waals surface area contributed by atoms with E-state index in [2.05, 4.69) is 0 Å². The Morgan fingerprint density at radius 1 is 1.08 bits per heavy atom. The summed E-state index contributed by atoms with van der Waals surface area (Å²) in [6, 6.07) is 17.8. The smallest absolute Gasteiger partial charge is 0.310 e. The van der Waals surface area contributed by atoms with E-state index in [0.717, 1.165) is 16.0 Å². The Bertz CT molecular complexity index is 681. The molecule has 1 heterocycles. The molecule has 0 unspecified atom stereocenters. The van der Waals surface area contributed by atoms with Crippen LogP contribution in [0.1, 0.15) is 11.1 Å². The van der Waals surface area contributed by atoms with Crippen molar-refractivity contribution in [1.29, 1.82) is 0 Å². The minimum atomic E-state index is -0.732. The van der Waals surface area contributed by atoms with Gasteiger partial charge in [0.25, 0.3) is 0 Å². The highest BCUT2D eigenvalue weighted by molar-refractivity contribution is 7.99. The Morgan fingerprint density at radius 2 is 1.75 bits per heavy atom. The van der Waals surface area contributed by atoms with E-state index >= 15 is 0 Å². The van der Waals surface area contributed by atoms with Gasteiger partial charge in [-0.05, 0) is 11.6 Å². The zero-order valence-electron chi connectivity index (χ0n) is 13.6. The van der Waals surface area contributed by atoms with Crippen LogP contribution in [-0.4, -0.2) is 32.0 Å². The van der Waals surface area contributed by atoms with Gasteiger partial charge in [0.1, 0.15) is 0 Å². The van der Waals surface area contributed by atoms with E-state index in [4.69, 9.17) is 14.2 Å². The predicted molar refractivity (Wildman–Crippen MR) is 92.9 cm³/mol. The number of carbonyl (C=O) groups excluding carboxylic acids is 1. The van der Waals surface area contributed by atoms with Crippen LogP contribution >= 0.6 is 11.8 Å². The summed E-state index contributed by atoms with van der Waals surface area (Å²) in [5.41, 5.74) is 1.97. The molecule has 2 aromatic rings. The van der Waals surface area contributed by atoms with Gasteiger partial charge in [-0.1, -0.05) is 48.5 Å². The van der Waals surface area contributed by atoms with Crippen molar-refractivity contribution in [3.63, 3.8) is 0 Å². The van der Waals surface area contributed by atoms with Crippen molar-refractivity contribution < 1.29 is 19.0 Å². The summed E-state index contributed by atoms with van der Waals surface area (Å²) >= 11 is 1.63. The number of benzene rings is 2. The number of ether oxygens (including phenoxy) is 3. The van der Waals surface area contributed by atoms with Crippen LogP contribution in [0.15, 0.2) is 59.5 Å². The fraction of sp³-hybridized carbons (Fsp3) is 0.316. The average Bonchev–Trinajstić information content (AvgIpc) is 3.12. The predicted octanol–water partition coefficient (Wildman–Crippen LogP) is 3.39. The van der Waals surface area contributed by atoms with Crippen LogP contribution in [0.4, 0.5) is 0 Å². The van der Waals surface area contributed by atoms with Crippen molar-refractivity contribution in [3.05, 3.63) is 65.7 Å². The van der Waals surface area contributed by atoms with Crippen LogP contribution in [0.5, 0.6) is 0 Å². The van der Waals surface area contributed by atoms with Gasteiger partial charge >= 0.3 is 5.97 Å². The third kappa shape index (κ3) is 3.80. The first-order valence-electron chi connectivity index (χ1n) is 7.84. The van der Waals surface area contributed by atoms with Gasteiger partial charge in [0.2, 0.25) is 5.79 Å². The van der Waals surface area contributed by atoms with Gasteiger partial charge in [0.15, 0.2) is 0 Å². The number of rotatable bonds is 6. The molecule has 0 radical (unpaired) electrons. The fourth-order valence-corrected chi connectivity index (χ4v) is 3.85. The molecular formula is C19H20O4S. The minimum Gasteiger partial charge on any atom is -0.469 e. The van der Waals surface area contributed by atoms with Gasteiger partial charge in [0, 0.05) is 10.5 Å². The number of thioether (sulfide) groups is 1. The van der Waals surface area contributed by atoms with E-state index < -0.39 is 5.79 Å². The van der Waals surface area contributed by atoms with Crippen LogP contribution in [-0.2, 0) is 31.2 Å². The van der Waals surface area contributed by atoms with Crippen molar-refractivity contribution in [2.45, 2.75) is 17.1 Å². The number of methoxy groups -OCH3 is 1.